The zero-order valence-corrected chi connectivity index (χ0v) is 11.3. The third-order valence-electron chi connectivity index (χ3n) is 3.17. The minimum Gasteiger partial charge on any atom is -0.303 e. The molecule has 3 heterocycles. The van der Waals surface area contributed by atoms with Crippen LogP contribution in [0.3, 0.4) is 0 Å². The summed E-state index contributed by atoms with van der Waals surface area (Å²) in [6.45, 7) is 3.41. The molecule has 1 aliphatic rings. The van der Waals surface area contributed by atoms with E-state index in [2.05, 4.69) is 24.8 Å². The van der Waals surface area contributed by atoms with Gasteiger partial charge in [-0.2, -0.15) is 0 Å². The number of thioether (sulfide) groups is 1. The van der Waals surface area contributed by atoms with E-state index in [4.69, 9.17) is 0 Å². The van der Waals surface area contributed by atoms with Crippen LogP contribution in [0.4, 0.5) is 0 Å². The molecule has 1 aliphatic heterocycles. The third kappa shape index (κ3) is 2.93. The van der Waals surface area contributed by atoms with Crippen molar-refractivity contribution in [2.45, 2.75) is 18.0 Å². The molecule has 0 saturated carbocycles. The SMILES string of the molecule is O=c1[nH]c(SCCN2CCCC2)nc2nccnc12. The van der Waals surface area contributed by atoms with Gasteiger partial charge in [-0.15, -0.1) is 0 Å². The van der Waals surface area contributed by atoms with Gasteiger partial charge < -0.3 is 4.90 Å². The maximum absolute atomic E-state index is 11.8. The Morgan fingerprint density at radius 3 is 2.89 bits per heavy atom. The first-order chi connectivity index (χ1) is 9.33. The van der Waals surface area contributed by atoms with Crippen LogP contribution in [0.25, 0.3) is 11.2 Å². The summed E-state index contributed by atoms with van der Waals surface area (Å²) in [7, 11) is 0. The maximum atomic E-state index is 11.8. The van der Waals surface area contributed by atoms with E-state index in [9.17, 15) is 4.79 Å². The molecule has 19 heavy (non-hydrogen) atoms. The number of H-pyrrole nitrogens is 1. The summed E-state index contributed by atoms with van der Waals surface area (Å²) >= 11 is 1.56. The summed E-state index contributed by atoms with van der Waals surface area (Å²) in [5.74, 6) is 0.925. The van der Waals surface area contributed by atoms with Crippen molar-refractivity contribution in [3.8, 4) is 0 Å². The average molecular weight is 277 g/mol. The van der Waals surface area contributed by atoms with Crippen LogP contribution in [0, 0.1) is 0 Å². The van der Waals surface area contributed by atoms with Gasteiger partial charge in [0.15, 0.2) is 16.3 Å². The normalized spacial score (nSPS) is 16.2. The Morgan fingerprint density at radius 2 is 2.05 bits per heavy atom. The minimum atomic E-state index is -0.221. The first-order valence-corrected chi connectivity index (χ1v) is 7.38. The molecule has 0 unspecified atom stereocenters. The summed E-state index contributed by atoms with van der Waals surface area (Å²) in [5, 5.41) is 0.622. The zero-order chi connectivity index (χ0) is 13.1. The van der Waals surface area contributed by atoms with Crippen LogP contribution < -0.4 is 5.56 Å². The van der Waals surface area contributed by atoms with Crippen LogP contribution in [0.2, 0.25) is 0 Å². The van der Waals surface area contributed by atoms with Crippen LogP contribution >= 0.6 is 11.8 Å². The highest BCUT2D eigenvalue weighted by Crippen LogP contribution is 2.14. The van der Waals surface area contributed by atoms with Crippen molar-refractivity contribution in [2.75, 3.05) is 25.4 Å². The lowest BCUT2D eigenvalue weighted by Crippen LogP contribution is -2.22. The first-order valence-electron chi connectivity index (χ1n) is 6.39. The van der Waals surface area contributed by atoms with Gasteiger partial charge in [-0.3, -0.25) is 9.78 Å². The monoisotopic (exact) mass is 277 g/mol. The molecule has 1 fully saturated rings. The fourth-order valence-electron chi connectivity index (χ4n) is 2.20. The molecule has 0 amide bonds. The molecule has 2 aromatic heterocycles. The predicted octanol–water partition coefficient (Wildman–Crippen LogP) is 0.901. The minimum absolute atomic E-state index is 0.221. The van der Waals surface area contributed by atoms with Gasteiger partial charge in [-0.05, 0) is 25.9 Å². The number of nitrogens with zero attached hydrogens (tertiary/aromatic N) is 4. The summed E-state index contributed by atoms with van der Waals surface area (Å²) in [4.78, 5) is 29.3. The topological polar surface area (TPSA) is 74.8 Å². The van der Waals surface area contributed by atoms with E-state index >= 15 is 0 Å². The Bertz CT molecular complexity index is 623. The Morgan fingerprint density at radius 1 is 1.26 bits per heavy atom. The van der Waals surface area contributed by atoms with Crippen LogP contribution in [0.5, 0.6) is 0 Å². The van der Waals surface area contributed by atoms with Gasteiger partial charge in [0.05, 0.1) is 0 Å². The lowest BCUT2D eigenvalue weighted by Gasteiger charge is -2.13. The zero-order valence-electron chi connectivity index (χ0n) is 10.5. The smallest absolute Gasteiger partial charge is 0.279 e. The standard InChI is InChI=1S/C12H15N5OS/c18-11-9-10(14-4-3-13-9)15-12(16-11)19-8-7-17-5-1-2-6-17/h3-4H,1-2,5-8H2,(H,14,15,16,18). The lowest BCUT2D eigenvalue weighted by molar-refractivity contribution is 0.362. The van der Waals surface area contributed by atoms with Crippen LogP contribution in [0.15, 0.2) is 22.3 Å². The lowest BCUT2D eigenvalue weighted by atomic mass is 10.4. The maximum Gasteiger partial charge on any atom is 0.279 e. The van der Waals surface area contributed by atoms with E-state index in [-0.39, 0.29) is 5.56 Å². The van der Waals surface area contributed by atoms with Crippen LogP contribution in [-0.2, 0) is 0 Å². The van der Waals surface area contributed by atoms with E-state index in [1.165, 1.54) is 32.1 Å². The number of aromatic amines is 1. The van der Waals surface area contributed by atoms with E-state index in [0.29, 0.717) is 16.3 Å². The summed E-state index contributed by atoms with van der Waals surface area (Å²) in [6, 6.07) is 0. The average Bonchev–Trinajstić information content (AvgIpc) is 2.92. The molecule has 100 valence electrons. The summed E-state index contributed by atoms with van der Waals surface area (Å²) < 4.78 is 0. The number of hydrogen-bond acceptors (Lipinski definition) is 6. The summed E-state index contributed by atoms with van der Waals surface area (Å²) in [6.07, 6.45) is 5.64. The molecule has 6 nitrogen and oxygen atoms in total. The number of rotatable bonds is 4. The Hall–Kier alpha value is -1.47. The highest BCUT2D eigenvalue weighted by molar-refractivity contribution is 7.99. The van der Waals surface area contributed by atoms with Crippen molar-refractivity contribution in [3.63, 3.8) is 0 Å². The molecule has 0 atom stereocenters. The molecule has 1 saturated heterocycles. The predicted molar refractivity (Wildman–Crippen MR) is 74.4 cm³/mol. The summed E-state index contributed by atoms with van der Waals surface area (Å²) in [5.41, 5.74) is 0.489. The fourth-order valence-corrected chi connectivity index (χ4v) is 3.06. The van der Waals surface area contributed by atoms with E-state index < -0.39 is 0 Å². The molecule has 0 spiro atoms. The van der Waals surface area contributed by atoms with Crippen molar-refractivity contribution in [3.05, 3.63) is 22.7 Å². The van der Waals surface area contributed by atoms with Gasteiger partial charge in [0.25, 0.3) is 5.56 Å². The van der Waals surface area contributed by atoms with Crippen molar-refractivity contribution in [1.82, 2.24) is 24.8 Å². The fraction of sp³-hybridized carbons (Fsp3) is 0.500. The quantitative estimate of drug-likeness (QED) is 0.661. The van der Waals surface area contributed by atoms with Crippen molar-refractivity contribution >= 4 is 22.9 Å². The molecular formula is C12H15N5OS. The molecule has 0 aliphatic carbocycles. The molecule has 0 bridgehead atoms. The molecule has 0 radical (unpaired) electrons. The highest BCUT2D eigenvalue weighted by Gasteiger charge is 2.11. The second kappa shape index (κ2) is 5.66. The molecule has 3 rings (SSSR count). The van der Waals surface area contributed by atoms with Gasteiger partial charge in [0.2, 0.25) is 0 Å². The van der Waals surface area contributed by atoms with E-state index in [1.54, 1.807) is 18.0 Å². The van der Waals surface area contributed by atoms with E-state index in [0.717, 1.165) is 12.3 Å². The second-order valence-electron chi connectivity index (χ2n) is 4.50. The Labute approximate surface area is 114 Å². The number of hydrogen-bond donors (Lipinski definition) is 1. The van der Waals surface area contributed by atoms with Gasteiger partial charge >= 0.3 is 0 Å². The van der Waals surface area contributed by atoms with Crippen molar-refractivity contribution in [2.24, 2.45) is 0 Å². The first kappa shape index (κ1) is 12.6. The van der Waals surface area contributed by atoms with Crippen molar-refractivity contribution in [1.29, 1.82) is 0 Å². The molecule has 1 N–H and O–H groups in total. The van der Waals surface area contributed by atoms with Crippen molar-refractivity contribution < 1.29 is 0 Å². The van der Waals surface area contributed by atoms with Gasteiger partial charge in [-0.1, -0.05) is 11.8 Å². The van der Waals surface area contributed by atoms with Crippen LogP contribution in [0.1, 0.15) is 12.8 Å². The number of likely N-dealkylation sites (tertiary alicyclic amines) is 1. The molecule has 2 aromatic rings. The van der Waals surface area contributed by atoms with Crippen LogP contribution in [-0.4, -0.2) is 50.2 Å². The van der Waals surface area contributed by atoms with Gasteiger partial charge in [0, 0.05) is 24.7 Å². The van der Waals surface area contributed by atoms with E-state index in [1.807, 2.05) is 0 Å². The second-order valence-corrected chi connectivity index (χ2v) is 5.58. The highest BCUT2D eigenvalue weighted by atomic mass is 32.2. The van der Waals surface area contributed by atoms with Gasteiger partial charge in [-0.25, -0.2) is 15.0 Å². The number of nitrogens with one attached hydrogen (secondary N) is 1. The molecule has 0 aromatic carbocycles. The Balaban J connectivity index is 1.69. The molecule has 7 heteroatoms. The molecular weight excluding hydrogens is 262 g/mol. The van der Waals surface area contributed by atoms with Gasteiger partial charge in [0.1, 0.15) is 0 Å². The largest absolute Gasteiger partial charge is 0.303 e. The third-order valence-corrected chi connectivity index (χ3v) is 4.02. The number of aromatic nitrogens is 4. The Kier molecular flexibility index (Phi) is 3.74. The number of fused-ring (bicyclic) bond motifs is 1.